The summed E-state index contributed by atoms with van der Waals surface area (Å²) in [6, 6.07) is 9.28. The lowest BCUT2D eigenvalue weighted by Crippen LogP contribution is -2.17. The zero-order valence-corrected chi connectivity index (χ0v) is 11.0. The van der Waals surface area contributed by atoms with Crippen LogP contribution in [0.4, 0.5) is 0 Å². The molecule has 0 radical (unpaired) electrons. The molecular weight excluding hydrogens is 256 g/mol. The number of nitrogens with two attached hydrogens (primary N) is 1. The predicted octanol–water partition coefficient (Wildman–Crippen LogP) is 1.93. The summed E-state index contributed by atoms with van der Waals surface area (Å²) in [4.78, 5) is 8.69. The van der Waals surface area contributed by atoms with Crippen molar-refractivity contribution in [2.24, 2.45) is 5.73 Å². The van der Waals surface area contributed by atoms with Crippen molar-refractivity contribution >= 4 is 10.9 Å². The molecule has 2 aromatic heterocycles. The number of nitrogens with zero attached hydrogens (tertiary/aromatic N) is 3. The summed E-state index contributed by atoms with van der Waals surface area (Å²) in [6.45, 7) is 0.340. The Hall–Kier alpha value is -2.31. The molecule has 2 N–H and O–H groups in total. The van der Waals surface area contributed by atoms with Crippen molar-refractivity contribution in [3.8, 4) is 11.5 Å². The van der Waals surface area contributed by atoms with E-state index in [1.165, 1.54) is 0 Å². The van der Waals surface area contributed by atoms with Gasteiger partial charge in [-0.1, -0.05) is 23.4 Å². The van der Waals surface area contributed by atoms with Gasteiger partial charge in [0.05, 0.1) is 23.7 Å². The van der Waals surface area contributed by atoms with Crippen LogP contribution < -0.4 is 5.73 Å². The van der Waals surface area contributed by atoms with Crippen LogP contribution in [0, 0.1) is 0 Å². The molecule has 0 aliphatic heterocycles. The molecule has 0 amide bonds. The molecule has 0 saturated heterocycles. The van der Waals surface area contributed by atoms with Crippen LogP contribution in [0.15, 0.2) is 41.1 Å². The van der Waals surface area contributed by atoms with Gasteiger partial charge in [-0.25, -0.2) is 0 Å². The van der Waals surface area contributed by atoms with Crippen LogP contribution in [0.3, 0.4) is 0 Å². The van der Waals surface area contributed by atoms with Gasteiger partial charge in [0, 0.05) is 18.7 Å². The fourth-order valence-corrected chi connectivity index (χ4v) is 2.03. The minimum atomic E-state index is -0.402. The van der Waals surface area contributed by atoms with E-state index in [0.29, 0.717) is 18.3 Å². The van der Waals surface area contributed by atoms with E-state index in [9.17, 15) is 0 Å². The third-order valence-electron chi connectivity index (χ3n) is 2.98. The number of aromatic nitrogens is 3. The van der Waals surface area contributed by atoms with Crippen LogP contribution in [-0.4, -0.2) is 28.8 Å². The Kier molecular flexibility index (Phi) is 3.41. The van der Waals surface area contributed by atoms with Crippen molar-refractivity contribution in [1.82, 2.24) is 15.1 Å². The highest BCUT2D eigenvalue weighted by Gasteiger charge is 2.16. The average molecular weight is 270 g/mol. The first-order valence-electron chi connectivity index (χ1n) is 6.22. The van der Waals surface area contributed by atoms with E-state index in [1.807, 2.05) is 30.3 Å². The molecule has 3 rings (SSSR count). The summed E-state index contributed by atoms with van der Waals surface area (Å²) in [5.74, 6) is 0.839. The van der Waals surface area contributed by atoms with Crippen molar-refractivity contribution in [3.05, 3.63) is 42.4 Å². The zero-order valence-electron chi connectivity index (χ0n) is 11.0. The van der Waals surface area contributed by atoms with Crippen LogP contribution in [0.25, 0.3) is 22.4 Å². The van der Waals surface area contributed by atoms with Crippen LogP contribution >= 0.6 is 0 Å². The van der Waals surface area contributed by atoms with E-state index in [4.69, 9.17) is 15.0 Å². The Labute approximate surface area is 115 Å². The van der Waals surface area contributed by atoms with Gasteiger partial charge < -0.3 is 15.0 Å². The number of fused-ring (bicyclic) bond motifs is 1. The summed E-state index contributed by atoms with van der Waals surface area (Å²) in [5.41, 5.74) is 7.51. The van der Waals surface area contributed by atoms with Crippen molar-refractivity contribution in [2.75, 3.05) is 13.7 Å². The van der Waals surface area contributed by atoms with E-state index in [-0.39, 0.29) is 0 Å². The normalized spacial score (nSPS) is 12.7. The molecule has 0 spiro atoms. The van der Waals surface area contributed by atoms with Gasteiger partial charge in [-0.2, -0.15) is 4.98 Å². The Bertz CT molecular complexity index is 721. The molecule has 6 nitrogen and oxygen atoms in total. The average Bonchev–Trinajstić information content (AvgIpc) is 2.97. The Balaban J connectivity index is 2.03. The molecule has 20 heavy (non-hydrogen) atoms. The van der Waals surface area contributed by atoms with Gasteiger partial charge in [-0.3, -0.25) is 4.98 Å². The quantitative estimate of drug-likeness (QED) is 0.779. The molecule has 0 fully saturated rings. The topological polar surface area (TPSA) is 87.1 Å². The molecule has 0 aliphatic carbocycles. The highest BCUT2D eigenvalue weighted by atomic mass is 16.5. The number of methoxy groups -OCH3 is 1. The minimum Gasteiger partial charge on any atom is -0.383 e. The minimum absolute atomic E-state index is 0.340. The number of benzene rings is 1. The second kappa shape index (κ2) is 5.36. The third kappa shape index (κ3) is 2.26. The molecule has 102 valence electrons. The smallest absolute Gasteiger partial charge is 0.260 e. The standard InChI is InChI=1S/C14H14N4O2/c1-19-8-11(15)13-17-14(20-18-13)10-6-2-4-9-5-3-7-16-12(9)10/h2-7,11H,8,15H2,1H3. The summed E-state index contributed by atoms with van der Waals surface area (Å²) in [6.07, 6.45) is 1.74. The van der Waals surface area contributed by atoms with Crippen molar-refractivity contribution < 1.29 is 9.26 Å². The van der Waals surface area contributed by atoms with E-state index in [2.05, 4.69) is 15.1 Å². The van der Waals surface area contributed by atoms with E-state index in [1.54, 1.807) is 13.3 Å². The highest BCUT2D eigenvalue weighted by Crippen LogP contribution is 2.26. The van der Waals surface area contributed by atoms with E-state index >= 15 is 0 Å². The summed E-state index contributed by atoms with van der Waals surface area (Å²) in [5, 5.41) is 4.92. The van der Waals surface area contributed by atoms with Crippen LogP contribution in [0.1, 0.15) is 11.9 Å². The molecule has 0 saturated carbocycles. The van der Waals surface area contributed by atoms with Crippen molar-refractivity contribution in [3.63, 3.8) is 0 Å². The zero-order chi connectivity index (χ0) is 13.9. The molecule has 0 aliphatic rings. The summed E-state index contributed by atoms with van der Waals surface area (Å²) < 4.78 is 10.3. The van der Waals surface area contributed by atoms with Crippen LogP contribution in [-0.2, 0) is 4.74 Å². The molecular formula is C14H14N4O2. The number of ether oxygens (including phenoxy) is 1. The van der Waals surface area contributed by atoms with Gasteiger partial charge in [0.15, 0.2) is 5.82 Å². The summed E-state index contributed by atoms with van der Waals surface area (Å²) >= 11 is 0. The monoisotopic (exact) mass is 270 g/mol. The maximum atomic E-state index is 5.88. The number of pyridine rings is 1. The fraction of sp³-hybridized carbons (Fsp3) is 0.214. The Morgan fingerprint density at radius 3 is 3.00 bits per heavy atom. The Morgan fingerprint density at radius 2 is 2.15 bits per heavy atom. The fourth-order valence-electron chi connectivity index (χ4n) is 2.03. The van der Waals surface area contributed by atoms with Gasteiger partial charge in [0.2, 0.25) is 0 Å². The lowest BCUT2D eigenvalue weighted by molar-refractivity contribution is 0.177. The van der Waals surface area contributed by atoms with Crippen LogP contribution in [0.2, 0.25) is 0 Å². The first-order valence-corrected chi connectivity index (χ1v) is 6.22. The number of para-hydroxylation sites is 1. The number of rotatable bonds is 4. The molecule has 0 bridgehead atoms. The van der Waals surface area contributed by atoms with Gasteiger partial charge in [0.1, 0.15) is 0 Å². The number of hydrogen-bond donors (Lipinski definition) is 1. The molecule has 1 atom stereocenters. The number of hydrogen-bond acceptors (Lipinski definition) is 6. The molecule has 1 unspecified atom stereocenters. The third-order valence-corrected chi connectivity index (χ3v) is 2.98. The summed E-state index contributed by atoms with van der Waals surface area (Å²) in [7, 11) is 1.58. The Morgan fingerprint density at radius 1 is 1.30 bits per heavy atom. The second-order valence-corrected chi connectivity index (χ2v) is 4.40. The first-order chi connectivity index (χ1) is 9.79. The van der Waals surface area contributed by atoms with E-state index < -0.39 is 6.04 Å². The van der Waals surface area contributed by atoms with E-state index in [0.717, 1.165) is 16.5 Å². The second-order valence-electron chi connectivity index (χ2n) is 4.40. The SMILES string of the molecule is COCC(N)c1noc(-c2cccc3cccnc23)n1. The van der Waals surface area contributed by atoms with Crippen LogP contribution in [0.5, 0.6) is 0 Å². The lowest BCUT2D eigenvalue weighted by Gasteiger charge is -2.03. The molecule has 3 aromatic rings. The molecule has 2 heterocycles. The van der Waals surface area contributed by atoms with Crippen molar-refractivity contribution in [2.45, 2.75) is 6.04 Å². The van der Waals surface area contributed by atoms with Gasteiger partial charge in [0.25, 0.3) is 5.89 Å². The molecule has 6 heteroatoms. The first kappa shape index (κ1) is 12.7. The lowest BCUT2D eigenvalue weighted by atomic mass is 10.1. The largest absolute Gasteiger partial charge is 0.383 e. The predicted molar refractivity (Wildman–Crippen MR) is 73.8 cm³/mol. The maximum absolute atomic E-state index is 5.88. The van der Waals surface area contributed by atoms with Gasteiger partial charge >= 0.3 is 0 Å². The van der Waals surface area contributed by atoms with Gasteiger partial charge in [-0.15, -0.1) is 0 Å². The van der Waals surface area contributed by atoms with Crippen molar-refractivity contribution in [1.29, 1.82) is 0 Å². The maximum Gasteiger partial charge on any atom is 0.260 e. The highest BCUT2D eigenvalue weighted by molar-refractivity contribution is 5.91. The van der Waals surface area contributed by atoms with Gasteiger partial charge in [-0.05, 0) is 12.1 Å². The molecule has 1 aromatic carbocycles.